The van der Waals surface area contributed by atoms with Gasteiger partial charge < -0.3 is 0 Å². The molecule has 3 aromatic carbocycles. The Morgan fingerprint density at radius 1 is 0.943 bits per heavy atom. The van der Waals surface area contributed by atoms with Gasteiger partial charge in [-0.15, -0.1) is 0 Å². The minimum absolute atomic E-state index is 0.0685. The molecule has 6 nitrogen and oxygen atoms in total. The third-order valence-corrected chi connectivity index (χ3v) is 8.15. The van der Waals surface area contributed by atoms with Gasteiger partial charge in [-0.25, -0.2) is 13.8 Å². The van der Waals surface area contributed by atoms with E-state index >= 15 is 0 Å². The molecule has 3 aromatic rings. The Bertz CT molecular complexity index is 1370. The van der Waals surface area contributed by atoms with Gasteiger partial charge >= 0.3 is 0 Å². The molecule has 0 radical (unpaired) electrons. The average Bonchev–Trinajstić information content (AvgIpc) is 2.75. The maximum atomic E-state index is 13.8. The van der Waals surface area contributed by atoms with Crippen LogP contribution in [0.25, 0.3) is 0 Å². The summed E-state index contributed by atoms with van der Waals surface area (Å²) in [6, 6.07) is 16.1. The van der Waals surface area contributed by atoms with Crippen LogP contribution in [0.4, 0.5) is 0 Å². The largest absolute Gasteiger partial charge is 0.272 e. The molecule has 0 spiro atoms. The van der Waals surface area contributed by atoms with Gasteiger partial charge in [0.2, 0.25) is 10.0 Å². The molecule has 1 amide bonds. The van der Waals surface area contributed by atoms with Crippen molar-refractivity contribution in [3.05, 3.63) is 98.0 Å². The highest BCUT2D eigenvalue weighted by molar-refractivity contribution is 7.89. The average molecular weight is 532 g/mol. The number of sulfonamides is 1. The first kappa shape index (κ1) is 26.9. The van der Waals surface area contributed by atoms with Crippen molar-refractivity contribution in [1.29, 1.82) is 0 Å². The lowest BCUT2D eigenvalue weighted by molar-refractivity contribution is -0.121. The molecule has 0 aliphatic carbocycles. The summed E-state index contributed by atoms with van der Waals surface area (Å²) in [6.07, 6.45) is 1.51. The number of aryl methyl sites for hydroxylation is 4. The van der Waals surface area contributed by atoms with Crippen molar-refractivity contribution in [2.24, 2.45) is 5.10 Å². The van der Waals surface area contributed by atoms with Crippen LogP contribution in [0.15, 0.2) is 64.6 Å². The van der Waals surface area contributed by atoms with E-state index in [0.717, 1.165) is 21.0 Å². The predicted molar refractivity (Wildman–Crippen MR) is 142 cm³/mol. The molecule has 35 heavy (non-hydrogen) atoms. The number of hydrazone groups is 1. The van der Waals surface area contributed by atoms with Gasteiger partial charge in [0.25, 0.3) is 5.91 Å². The molecular weight excluding hydrogens is 505 g/mol. The molecule has 3 rings (SSSR count). The molecule has 9 heteroatoms. The maximum absolute atomic E-state index is 13.8. The number of benzene rings is 3. The van der Waals surface area contributed by atoms with Gasteiger partial charge in [-0.05, 0) is 62.1 Å². The second-order valence-corrected chi connectivity index (χ2v) is 11.1. The molecule has 0 bridgehead atoms. The number of amides is 1. The van der Waals surface area contributed by atoms with Gasteiger partial charge in [0.1, 0.15) is 0 Å². The Morgan fingerprint density at radius 2 is 1.63 bits per heavy atom. The highest BCUT2D eigenvalue weighted by atomic mass is 35.5. The Labute approximate surface area is 216 Å². The number of carbonyl (C=O) groups is 1. The predicted octanol–water partition coefficient (Wildman–Crippen LogP) is 5.57. The quantitative estimate of drug-likeness (QED) is 0.305. The molecule has 0 fully saturated rings. The summed E-state index contributed by atoms with van der Waals surface area (Å²) in [5, 5.41) is 4.65. The molecule has 0 aromatic heterocycles. The van der Waals surface area contributed by atoms with Crippen LogP contribution in [0.1, 0.15) is 33.4 Å². The molecule has 0 saturated heterocycles. The molecule has 0 aliphatic rings. The maximum Gasteiger partial charge on any atom is 0.255 e. The molecule has 0 heterocycles. The van der Waals surface area contributed by atoms with Crippen LogP contribution < -0.4 is 5.43 Å². The lowest BCUT2D eigenvalue weighted by Gasteiger charge is -2.24. The first-order valence-electron chi connectivity index (χ1n) is 10.9. The topological polar surface area (TPSA) is 78.8 Å². The number of rotatable bonds is 8. The summed E-state index contributed by atoms with van der Waals surface area (Å²) >= 11 is 12.2. The van der Waals surface area contributed by atoms with E-state index in [1.807, 2.05) is 50.2 Å². The lowest BCUT2D eigenvalue weighted by Crippen LogP contribution is -2.39. The highest BCUT2D eigenvalue weighted by Crippen LogP contribution is 2.28. The highest BCUT2D eigenvalue weighted by Gasteiger charge is 2.30. The van der Waals surface area contributed by atoms with E-state index in [2.05, 4.69) is 10.5 Å². The number of carbonyl (C=O) groups excluding carboxylic acids is 1. The van der Waals surface area contributed by atoms with Crippen LogP contribution in [0.2, 0.25) is 10.0 Å². The zero-order chi connectivity index (χ0) is 25.8. The van der Waals surface area contributed by atoms with Crippen LogP contribution in [0, 0.1) is 27.7 Å². The summed E-state index contributed by atoms with van der Waals surface area (Å²) in [4.78, 5) is 12.9. The lowest BCUT2D eigenvalue weighted by atomic mass is 10.1. The fourth-order valence-corrected chi connectivity index (χ4v) is 6.01. The van der Waals surface area contributed by atoms with Gasteiger partial charge in [-0.1, -0.05) is 76.8 Å². The Balaban J connectivity index is 1.90. The summed E-state index contributed by atoms with van der Waals surface area (Å²) in [5.74, 6) is -0.569. The van der Waals surface area contributed by atoms with Crippen LogP contribution in [0.3, 0.4) is 0 Å². The third-order valence-electron chi connectivity index (χ3n) is 5.31. The van der Waals surface area contributed by atoms with E-state index < -0.39 is 22.5 Å². The van der Waals surface area contributed by atoms with Crippen molar-refractivity contribution < 1.29 is 13.2 Å². The second-order valence-electron chi connectivity index (χ2n) is 8.46. The normalized spacial score (nSPS) is 11.9. The third kappa shape index (κ3) is 6.92. The molecule has 0 unspecified atom stereocenters. The first-order valence-corrected chi connectivity index (χ1v) is 13.1. The number of nitrogens with one attached hydrogen (secondary N) is 1. The van der Waals surface area contributed by atoms with Gasteiger partial charge in [0, 0.05) is 6.54 Å². The fourth-order valence-electron chi connectivity index (χ4n) is 3.89. The Kier molecular flexibility index (Phi) is 8.72. The minimum Gasteiger partial charge on any atom is -0.272 e. The Morgan fingerprint density at radius 3 is 2.26 bits per heavy atom. The molecule has 0 saturated carbocycles. The standard InChI is InChI=1S/C26H27Cl2N3O3S/c1-17-6-5-7-21(12-17)14-29-30-25(32)16-31(15-22-8-9-23(27)24(28)13-22)35(33,34)26-19(3)10-18(2)11-20(26)4/h5-14H,15-16H2,1-4H3,(H,30,32)/b29-14+. The summed E-state index contributed by atoms with van der Waals surface area (Å²) in [7, 11) is -4.03. The smallest absolute Gasteiger partial charge is 0.255 e. The van der Waals surface area contributed by atoms with Gasteiger partial charge in [0.05, 0.1) is 27.7 Å². The zero-order valence-electron chi connectivity index (χ0n) is 20.0. The van der Waals surface area contributed by atoms with Crippen LogP contribution in [-0.4, -0.2) is 31.4 Å². The molecule has 0 aliphatic heterocycles. The molecule has 1 N–H and O–H groups in total. The number of nitrogens with zero attached hydrogens (tertiary/aromatic N) is 2. The Hall–Kier alpha value is -2.71. The van der Waals surface area contributed by atoms with Gasteiger partial charge in [0.15, 0.2) is 0 Å². The summed E-state index contributed by atoms with van der Waals surface area (Å²) < 4.78 is 28.6. The van der Waals surface area contributed by atoms with Gasteiger partial charge in [-0.3, -0.25) is 4.79 Å². The molecule has 184 valence electrons. The number of halogens is 2. The van der Waals surface area contributed by atoms with Crippen molar-refractivity contribution in [2.75, 3.05) is 6.54 Å². The van der Waals surface area contributed by atoms with Crippen molar-refractivity contribution in [3.8, 4) is 0 Å². The van der Waals surface area contributed by atoms with Crippen LogP contribution >= 0.6 is 23.2 Å². The van der Waals surface area contributed by atoms with Crippen molar-refractivity contribution in [2.45, 2.75) is 39.1 Å². The van der Waals surface area contributed by atoms with Crippen LogP contribution in [-0.2, 0) is 21.4 Å². The van der Waals surface area contributed by atoms with E-state index in [4.69, 9.17) is 23.2 Å². The number of hydrogen-bond donors (Lipinski definition) is 1. The van der Waals surface area contributed by atoms with Crippen molar-refractivity contribution in [3.63, 3.8) is 0 Å². The fraction of sp³-hybridized carbons (Fsp3) is 0.231. The molecule has 0 atom stereocenters. The summed E-state index contributed by atoms with van der Waals surface area (Å²) in [6.45, 7) is 6.86. The van der Waals surface area contributed by atoms with E-state index in [1.165, 1.54) is 6.21 Å². The van der Waals surface area contributed by atoms with E-state index in [0.29, 0.717) is 26.7 Å². The number of hydrogen-bond acceptors (Lipinski definition) is 4. The van der Waals surface area contributed by atoms with E-state index in [9.17, 15) is 13.2 Å². The second kappa shape index (κ2) is 11.4. The van der Waals surface area contributed by atoms with E-state index in [1.54, 1.807) is 32.0 Å². The van der Waals surface area contributed by atoms with Gasteiger partial charge in [-0.2, -0.15) is 9.41 Å². The zero-order valence-corrected chi connectivity index (χ0v) is 22.3. The van der Waals surface area contributed by atoms with Crippen LogP contribution in [0.5, 0.6) is 0 Å². The van der Waals surface area contributed by atoms with E-state index in [-0.39, 0.29) is 11.4 Å². The summed E-state index contributed by atoms with van der Waals surface area (Å²) in [5.41, 5.74) is 7.08. The minimum atomic E-state index is -4.03. The SMILES string of the molecule is Cc1cccc(/C=N/NC(=O)CN(Cc2ccc(Cl)c(Cl)c2)S(=O)(=O)c2c(C)cc(C)cc2C)c1. The first-order chi connectivity index (χ1) is 16.5. The van der Waals surface area contributed by atoms with Crippen molar-refractivity contribution in [1.82, 2.24) is 9.73 Å². The molecular formula is C26H27Cl2N3O3S. The van der Waals surface area contributed by atoms with Crippen molar-refractivity contribution >= 4 is 45.3 Å². The monoisotopic (exact) mass is 531 g/mol.